The van der Waals surface area contributed by atoms with Crippen LogP contribution in [0.2, 0.25) is 0 Å². The molecule has 0 aliphatic rings. The zero-order valence-electron chi connectivity index (χ0n) is 13.0. The van der Waals surface area contributed by atoms with E-state index < -0.39 is 27.9 Å². The van der Waals surface area contributed by atoms with E-state index in [1.807, 2.05) is 24.3 Å². The fraction of sp³-hybridized carbons (Fsp3) is 0.250. The normalized spacial score (nSPS) is 12.7. The van der Waals surface area contributed by atoms with Crippen molar-refractivity contribution in [2.24, 2.45) is 0 Å². The summed E-state index contributed by atoms with van der Waals surface area (Å²) < 4.78 is 26.8. The zero-order valence-corrected chi connectivity index (χ0v) is 13.8. The molecule has 0 aromatic heterocycles. The number of carboxylic acids is 1. The highest BCUT2D eigenvalue weighted by molar-refractivity contribution is 7.89. The molecule has 0 bridgehead atoms. The lowest BCUT2D eigenvalue weighted by atomic mass is 10.1. The van der Waals surface area contributed by atoms with Gasteiger partial charge in [0.05, 0.1) is 4.90 Å². The Bertz CT molecular complexity index is 864. The Morgan fingerprint density at radius 2 is 1.79 bits per heavy atom. The van der Waals surface area contributed by atoms with Gasteiger partial charge in [0.15, 0.2) is 0 Å². The number of carboxylic acid groups (broad SMARTS) is 1. The molecule has 0 saturated carbocycles. The number of rotatable bonds is 7. The summed E-state index contributed by atoms with van der Waals surface area (Å²) in [5.41, 5.74) is 0. The third-order valence-corrected chi connectivity index (χ3v) is 4.88. The Morgan fingerprint density at radius 1 is 1.12 bits per heavy atom. The average molecular weight is 350 g/mol. The van der Waals surface area contributed by atoms with Crippen molar-refractivity contribution in [3.63, 3.8) is 0 Å². The van der Waals surface area contributed by atoms with Gasteiger partial charge in [0.2, 0.25) is 15.9 Å². The first kappa shape index (κ1) is 17.9. The molecule has 0 fully saturated rings. The van der Waals surface area contributed by atoms with Crippen molar-refractivity contribution in [3.05, 3.63) is 42.5 Å². The van der Waals surface area contributed by atoms with Crippen LogP contribution in [0.25, 0.3) is 10.8 Å². The Morgan fingerprint density at radius 3 is 2.46 bits per heavy atom. The van der Waals surface area contributed by atoms with Crippen molar-refractivity contribution >= 4 is 32.7 Å². The fourth-order valence-electron chi connectivity index (χ4n) is 2.09. The van der Waals surface area contributed by atoms with Gasteiger partial charge in [-0.25, -0.2) is 13.1 Å². The quantitative estimate of drug-likeness (QED) is 0.692. The van der Waals surface area contributed by atoms with Crippen LogP contribution >= 0.6 is 0 Å². The minimum atomic E-state index is -3.74. The van der Waals surface area contributed by atoms with Gasteiger partial charge in [-0.3, -0.25) is 9.59 Å². The molecule has 7 nitrogen and oxygen atoms in total. The van der Waals surface area contributed by atoms with Crippen LogP contribution < -0.4 is 10.0 Å². The second-order valence-electron chi connectivity index (χ2n) is 5.28. The fourth-order valence-corrected chi connectivity index (χ4v) is 3.16. The Balaban J connectivity index is 1.97. The van der Waals surface area contributed by atoms with Crippen LogP contribution in [0.5, 0.6) is 0 Å². The number of hydrogen-bond donors (Lipinski definition) is 3. The van der Waals surface area contributed by atoms with Gasteiger partial charge in [0.1, 0.15) is 6.04 Å². The van der Waals surface area contributed by atoms with Crippen LogP contribution in [0.4, 0.5) is 0 Å². The van der Waals surface area contributed by atoms with Gasteiger partial charge in [0.25, 0.3) is 0 Å². The van der Waals surface area contributed by atoms with Gasteiger partial charge >= 0.3 is 5.97 Å². The van der Waals surface area contributed by atoms with Crippen molar-refractivity contribution in [1.29, 1.82) is 0 Å². The summed E-state index contributed by atoms with van der Waals surface area (Å²) in [5, 5.41) is 12.7. The second-order valence-corrected chi connectivity index (χ2v) is 7.05. The first-order valence-corrected chi connectivity index (χ1v) is 8.78. The highest BCUT2D eigenvalue weighted by Crippen LogP contribution is 2.18. The number of amides is 1. The smallest absolute Gasteiger partial charge is 0.325 e. The maximum Gasteiger partial charge on any atom is 0.325 e. The number of benzene rings is 2. The van der Waals surface area contributed by atoms with Crippen LogP contribution in [0, 0.1) is 0 Å². The van der Waals surface area contributed by atoms with E-state index in [0.717, 1.165) is 10.8 Å². The summed E-state index contributed by atoms with van der Waals surface area (Å²) in [6.07, 6.45) is -0.148. The topological polar surface area (TPSA) is 113 Å². The van der Waals surface area contributed by atoms with Crippen molar-refractivity contribution in [1.82, 2.24) is 10.0 Å². The molecule has 1 amide bonds. The summed E-state index contributed by atoms with van der Waals surface area (Å²) in [5.74, 6) is -1.69. The molecule has 0 radical (unpaired) electrons. The minimum Gasteiger partial charge on any atom is -0.480 e. The van der Waals surface area contributed by atoms with Gasteiger partial charge in [-0.2, -0.15) is 0 Å². The largest absolute Gasteiger partial charge is 0.480 e. The van der Waals surface area contributed by atoms with Crippen LogP contribution in [0.3, 0.4) is 0 Å². The molecule has 0 aliphatic heterocycles. The molecule has 8 heteroatoms. The van der Waals surface area contributed by atoms with Crippen molar-refractivity contribution < 1.29 is 23.1 Å². The molecule has 0 unspecified atom stereocenters. The lowest BCUT2D eigenvalue weighted by molar-refractivity contribution is -0.141. The summed E-state index contributed by atoms with van der Waals surface area (Å²) in [6, 6.07) is 11.1. The lowest BCUT2D eigenvalue weighted by Gasteiger charge is -2.10. The van der Waals surface area contributed by atoms with E-state index in [0.29, 0.717) is 0 Å². The van der Waals surface area contributed by atoms with Gasteiger partial charge in [-0.15, -0.1) is 0 Å². The van der Waals surface area contributed by atoms with Crippen LogP contribution in [0.15, 0.2) is 47.4 Å². The predicted octanol–water partition coefficient (Wildman–Crippen LogP) is 1.10. The van der Waals surface area contributed by atoms with Crippen molar-refractivity contribution in [3.8, 4) is 0 Å². The number of sulfonamides is 1. The maximum atomic E-state index is 12.3. The second kappa shape index (κ2) is 7.41. The first-order chi connectivity index (χ1) is 11.3. The molecule has 128 valence electrons. The summed E-state index contributed by atoms with van der Waals surface area (Å²) >= 11 is 0. The Labute approximate surface area is 139 Å². The molecular weight excluding hydrogens is 332 g/mol. The third-order valence-electron chi connectivity index (χ3n) is 3.42. The number of aliphatic carboxylic acids is 1. The van der Waals surface area contributed by atoms with Gasteiger partial charge in [-0.05, 0) is 29.8 Å². The monoisotopic (exact) mass is 350 g/mol. The molecule has 24 heavy (non-hydrogen) atoms. The van der Waals surface area contributed by atoms with Crippen molar-refractivity contribution in [2.45, 2.75) is 24.3 Å². The molecular formula is C16H18N2O5S. The number of fused-ring (bicyclic) bond motifs is 1. The lowest BCUT2D eigenvalue weighted by Crippen LogP contribution is -2.39. The van der Waals surface area contributed by atoms with E-state index in [4.69, 9.17) is 5.11 Å². The summed E-state index contributed by atoms with van der Waals surface area (Å²) in [6.45, 7) is 1.22. The predicted molar refractivity (Wildman–Crippen MR) is 89.0 cm³/mol. The standard InChI is InChI=1S/C16H18N2O5S/c1-11(16(20)21)18-15(19)8-9-17-24(22,23)14-7-6-12-4-2-3-5-13(12)10-14/h2-7,10-11,17H,8-9H2,1H3,(H,18,19)(H,20,21)/t11-/m0/s1. The van der Waals surface area contributed by atoms with Crippen molar-refractivity contribution in [2.75, 3.05) is 6.54 Å². The minimum absolute atomic E-state index is 0.112. The number of nitrogens with one attached hydrogen (secondary N) is 2. The average Bonchev–Trinajstić information content (AvgIpc) is 2.54. The molecule has 1 atom stereocenters. The van der Waals surface area contributed by atoms with Crippen LogP contribution in [-0.2, 0) is 19.6 Å². The molecule has 2 aromatic rings. The van der Waals surface area contributed by atoms with E-state index in [2.05, 4.69) is 10.0 Å². The molecule has 2 aromatic carbocycles. The SMILES string of the molecule is C[C@H](NC(=O)CCNS(=O)(=O)c1ccc2ccccc2c1)C(=O)O. The highest BCUT2D eigenvalue weighted by atomic mass is 32.2. The number of carbonyl (C=O) groups excluding carboxylic acids is 1. The third kappa shape index (κ3) is 4.53. The number of carbonyl (C=O) groups is 2. The van der Waals surface area contributed by atoms with Crippen LogP contribution in [0.1, 0.15) is 13.3 Å². The molecule has 3 N–H and O–H groups in total. The van der Waals surface area contributed by atoms with Gasteiger partial charge in [-0.1, -0.05) is 30.3 Å². The summed E-state index contributed by atoms with van der Waals surface area (Å²) in [4.78, 5) is 22.3. The first-order valence-electron chi connectivity index (χ1n) is 7.30. The van der Waals surface area contributed by atoms with E-state index in [-0.39, 0.29) is 17.9 Å². The molecule has 0 aliphatic carbocycles. The molecule has 2 rings (SSSR count). The Hall–Kier alpha value is -2.45. The van der Waals surface area contributed by atoms with Gasteiger partial charge in [0, 0.05) is 13.0 Å². The molecule has 0 spiro atoms. The highest BCUT2D eigenvalue weighted by Gasteiger charge is 2.16. The van der Waals surface area contributed by atoms with E-state index in [1.165, 1.54) is 13.0 Å². The molecule has 0 heterocycles. The van der Waals surface area contributed by atoms with Crippen LogP contribution in [-0.4, -0.2) is 38.0 Å². The summed E-state index contributed by atoms with van der Waals surface area (Å²) in [7, 11) is -3.74. The molecule has 0 saturated heterocycles. The Kier molecular flexibility index (Phi) is 5.53. The number of hydrogen-bond acceptors (Lipinski definition) is 4. The van der Waals surface area contributed by atoms with E-state index in [9.17, 15) is 18.0 Å². The van der Waals surface area contributed by atoms with E-state index >= 15 is 0 Å². The van der Waals surface area contributed by atoms with Gasteiger partial charge < -0.3 is 10.4 Å². The zero-order chi connectivity index (χ0) is 17.7. The maximum absolute atomic E-state index is 12.3. The van der Waals surface area contributed by atoms with E-state index in [1.54, 1.807) is 12.1 Å².